The van der Waals surface area contributed by atoms with Crippen molar-refractivity contribution in [1.82, 2.24) is 0 Å². The highest BCUT2D eigenvalue weighted by atomic mass is 16.5. The monoisotopic (exact) mass is 380 g/mol. The van der Waals surface area contributed by atoms with E-state index in [1.54, 1.807) is 7.11 Å². The summed E-state index contributed by atoms with van der Waals surface area (Å²) in [4.78, 5) is 12.2. The van der Waals surface area contributed by atoms with Crippen LogP contribution in [0.15, 0.2) is 36.4 Å². The Morgan fingerprint density at radius 3 is 2.50 bits per heavy atom. The number of aryl methyl sites for hydroxylation is 2. The summed E-state index contributed by atoms with van der Waals surface area (Å²) in [7, 11) is 1.73. The minimum atomic E-state index is -0.497. The van der Waals surface area contributed by atoms with Gasteiger partial charge in [-0.1, -0.05) is 25.5 Å². The summed E-state index contributed by atoms with van der Waals surface area (Å²) in [5.74, 6) is 1.91. The van der Waals surface area contributed by atoms with Crippen LogP contribution in [0.25, 0.3) is 0 Å². The van der Waals surface area contributed by atoms with Gasteiger partial charge in [0.15, 0.2) is 0 Å². The number of ether oxygens (including phenoxy) is 2. The molecule has 0 fully saturated rings. The second-order valence-electron chi connectivity index (χ2n) is 8.82. The average Bonchev–Trinajstić information content (AvgIpc) is 2.67. The molecule has 0 aliphatic heterocycles. The van der Waals surface area contributed by atoms with Crippen LogP contribution in [0, 0.1) is 5.41 Å². The molecule has 1 atom stereocenters. The van der Waals surface area contributed by atoms with Gasteiger partial charge in [-0.25, -0.2) is 0 Å². The Kier molecular flexibility index (Phi) is 6.12. The van der Waals surface area contributed by atoms with Crippen LogP contribution < -0.4 is 9.47 Å². The Bertz CT molecular complexity index is 845. The van der Waals surface area contributed by atoms with Crippen molar-refractivity contribution >= 4 is 5.97 Å². The van der Waals surface area contributed by atoms with Crippen LogP contribution in [-0.4, -0.2) is 13.1 Å². The van der Waals surface area contributed by atoms with E-state index in [-0.39, 0.29) is 5.97 Å². The normalized spacial score (nSPS) is 16.4. The lowest BCUT2D eigenvalue weighted by atomic mass is 9.78. The van der Waals surface area contributed by atoms with Gasteiger partial charge in [-0.15, -0.1) is 0 Å². The zero-order chi connectivity index (χ0) is 20.3. The van der Waals surface area contributed by atoms with E-state index in [4.69, 9.17) is 9.47 Å². The van der Waals surface area contributed by atoms with E-state index in [2.05, 4.69) is 31.2 Å². The van der Waals surface area contributed by atoms with Crippen molar-refractivity contribution < 1.29 is 14.3 Å². The minimum absolute atomic E-state index is 0.193. The molecular weight excluding hydrogens is 348 g/mol. The summed E-state index contributed by atoms with van der Waals surface area (Å²) in [5.41, 5.74) is 5.03. The van der Waals surface area contributed by atoms with E-state index in [0.717, 1.165) is 37.9 Å². The molecule has 2 aromatic rings. The lowest BCUT2D eigenvalue weighted by Gasteiger charge is -2.27. The Hall–Kier alpha value is -2.29. The maximum absolute atomic E-state index is 12.2. The zero-order valence-corrected chi connectivity index (χ0v) is 17.8. The first-order valence-electron chi connectivity index (χ1n) is 10.3. The molecule has 3 heteroatoms. The summed E-state index contributed by atoms with van der Waals surface area (Å²) in [5, 5.41) is 0. The lowest BCUT2D eigenvalue weighted by Crippen LogP contribution is -2.25. The number of carbonyl (C=O) groups excluding carboxylic acids is 1. The summed E-state index contributed by atoms with van der Waals surface area (Å²) in [6, 6.07) is 12.6. The van der Waals surface area contributed by atoms with Crippen molar-refractivity contribution in [2.24, 2.45) is 5.41 Å². The largest absolute Gasteiger partial charge is 0.497 e. The summed E-state index contributed by atoms with van der Waals surface area (Å²) >= 11 is 0. The second-order valence-corrected chi connectivity index (χ2v) is 8.82. The van der Waals surface area contributed by atoms with Gasteiger partial charge >= 0.3 is 5.97 Å². The van der Waals surface area contributed by atoms with Gasteiger partial charge in [-0.3, -0.25) is 4.79 Å². The Balaban J connectivity index is 1.81. The van der Waals surface area contributed by atoms with E-state index >= 15 is 0 Å². The van der Waals surface area contributed by atoms with Crippen LogP contribution in [0.4, 0.5) is 0 Å². The first-order chi connectivity index (χ1) is 13.3. The number of methoxy groups -OCH3 is 1. The van der Waals surface area contributed by atoms with Crippen LogP contribution in [0.2, 0.25) is 0 Å². The SMILES string of the molecule is CCCc1ccc(OC)cc1C1CCc2cc(OC(=O)C(C)(C)C)ccc2C1. The van der Waals surface area contributed by atoms with Crippen molar-refractivity contribution in [3.8, 4) is 11.5 Å². The smallest absolute Gasteiger partial charge is 0.316 e. The molecule has 2 aromatic carbocycles. The van der Waals surface area contributed by atoms with Gasteiger partial charge in [-0.05, 0) is 98.9 Å². The molecule has 0 spiro atoms. The molecule has 1 unspecified atom stereocenters. The molecule has 1 aliphatic carbocycles. The van der Waals surface area contributed by atoms with Crippen molar-refractivity contribution in [2.45, 2.75) is 65.7 Å². The maximum atomic E-state index is 12.2. The number of rotatable bonds is 5. The van der Waals surface area contributed by atoms with E-state index in [0.29, 0.717) is 11.7 Å². The van der Waals surface area contributed by atoms with Gasteiger partial charge in [0, 0.05) is 0 Å². The summed E-state index contributed by atoms with van der Waals surface area (Å²) in [6.07, 6.45) is 5.37. The molecule has 3 nitrogen and oxygen atoms in total. The molecule has 0 saturated heterocycles. The van der Waals surface area contributed by atoms with Gasteiger partial charge in [-0.2, -0.15) is 0 Å². The van der Waals surface area contributed by atoms with Crippen molar-refractivity contribution in [3.63, 3.8) is 0 Å². The first-order valence-corrected chi connectivity index (χ1v) is 10.3. The highest BCUT2D eigenvalue weighted by Gasteiger charge is 2.26. The van der Waals surface area contributed by atoms with Gasteiger partial charge < -0.3 is 9.47 Å². The predicted molar refractivity (Wildman–Crippen MR) is 113 cm³/mol. The summed E-state index contributed by atoms with van der Waals surface area (Å²) < 4.78 is 11.1. The molecule has 0 heterocycles. The molecule has 1 aliphatic rings. The fourth-order valence-electron chi connectivity index (χ4n) is 3.90. The lowest BCUT2D eigenvalue weighted by molar-refractivity contribution is -0.143. The average molecular weight is 381 g/mol. The second kappa shape index (κ2) is 8.38. The van der Waals surface area contributed by atoms with Crippen molar-refractivity contribution in [3.05, 3.63) is 58.7 Å². The minimum Gasteiger partial charge on any atom is -0.497 e. The topological polar surface area (TPSA) is 35.5 Å². The van der Waals surface area contributed by atoms with E-state index in [1.807, 2.05) is 32.9 Å². The predicted octanol–water partition coefficient (Wildman–Crippen LogP) is 5.87. The van der Waals surface area contributed by atoms with E-state index in [9.17, 15) is 4.79 Å². The molecule has 0 N–H and O–H groups in total. The molecular formula is C25H32O3. The van der Waals surface area contributed by atoms with Crippen molar-refractivity contribution in [1.29, 1.82) is 0 Å². The summed E-state index contributed by atoms with van der Waals surface area (Å²) in [6.45, 7) is 7.85. The molecule has 0 bridgehead atoms. The number of carbonyl (C=O) groups is 1. The van der Waals surface area contributed by atoms with Crippen LogP contribution in [0.3, 0.4) is 0 Å². The van der Waals surface area contributed by atoms with Crippen molar-refractivity contribution in [2.75, 3.05) is 7.11 Å². The number of hydrogen-bond acceptors (Lipinski definition) is 3. The van der Waals surface area contributed by atoms with Crippen LogP contribution in [-0.2, 0) is 24.1 Å². The molecule has 0 aromatic heterocycles. The van der Waals surface area contributed by atoms with Gasteiger partial charge in [0.05, 0.1) is 12.5 Å². The van der Waals surface area contributed by atoms with E-state index in [1.165, 1.54) is 22.3 Å². The zero-order valence-electron chi connectivity index (χ0n) is 17.8. The van der Waals surface area contributed by atoms with Gasteiger partial charge in [0.25, 0.3) is 0 Å². The maximum Gasteiger partial charge on any atom is 0.316 e. The Labute approximate surface area is 169 Å². The third-order valence-corrected chi connectivity index (χ3v) is 5.54. The fourth-order valence-corrected chi connectivity index (χ4v) is 3.90. The number of fused-ring (bicyclic) bond motifs is 1. The molecule has 150 valence electrons. The van der Waals surface area contributed by atoms with Crippen LogP contribution in [0.5, 0.6) is 11.5 Å². The van der Waals surface area contributed by atoms with Crippen LogP contribution >= 0.6 is 0 Å². The standard InChI is InChI=1S/C25H32O3/c1-6-7-17-10-12-21(27-5)16-23(17)20-9-8-19-15-22(13-11-18(19)14-20)28-24(26)25(2,3)4/h10-13,15-16,20H,6-9,14H2,1-5H3. The highest BCUT2D eigenvalue weighted by Crippen LogP contribution is 2.37. The van der Waals surface area contributed by atoms with Crippen LogP contribution in [0.1, 0.15) is 68.7 Å². The molecule has 3 rings (SSSR count). The molecule has 0 radical (unpaired) electrons. The Morgan fingerprint density at radius 2 is 1.82 bits per heavy atom. The highest BCUT2D eigenvalue weighted by molar-refractivity contribution is 5.77. The van der Waals surface area contributed by atoms with E-state index < -0.39 is 5.41 Å². The third kappa shape index (κ3) is 4.57. The molecule has 28 heavy (non-hydrogen) atoms. The molecule has 0 saturated carbocycles. The fraction of sp³-hybridized carbons (Fsp3) is 0.480. The molecule has 0 amide bonds. The van der Waals surface area contributed by atoms with Gasteiger partial charge in [0.2, 0.25) is 0 Å². The first kappa shape index (κ1) is 20.4. The number of esters is 1. The third-order valence-electron chi connectivity index (χ3n) is 5.54. The Morgan fingerprint density at radius 1 is 1.07 bits per heavy atom. The number of hydrogen-bond donors (Lipinski definition) is 0. The van der Waals surface area contributed by atoms with Gasteiger partial charge in [0.1, 0.15) is 11.5 Å². The quantitative estimate of drug-likeness (QED) is 0.480. The number of benzene rings is 2.